The van der Waals surface area contributed by atoms with Gasteiger partial charge in [0, 0.05) is 12.4 Å². The normalized spacial score (nSPS) is 13.4. The van der Waals surface area contributed by atoms with Gasteiger partial charge in [-0.05, 0) is 48.0 Å². The standard InChI is InChI=1S/C12H20BrClN2/c1-8(2)7-10(14)5-6-11-12(13)9(3)15-16(11)4/h8,10H,5-7H2,1-4H3. The van der Waals surface area contributed by atoms with E-state index in [1.54, 1.807) is 0 Å². The molecule has 0 aliphatic heterocycles. The van der Waals surface area contributed by atoms with Crippen LogP contribution in [-0.4, -0.2) is 15.2 Å². The minimum Gasteiger partial charge on any atom is -0.271 e. The minimum atomic E-state index is 0.266. The molecule has 1 aromatic rings. The molecule has 1 heterocycles. The summed E-state index contributed by atoms with van der Waals surface area (Å²) in [6.07, 6.45) is 3.08. The first-order chi connectivity index (χ1) is 7.41. The highest BCUT2D eigenvalue weighted by molar-refractivity contribution is 9.10. The summed E-state index contributed by atoms with van der Waals surface area (Å²) in [5, 5.41) is 4.64. The van der Waals surface area contributed by atoms with Gasteiger partial charge < -0.3 is 0 Å². The Kier molecular flexibility index (Phi) is 5.32. The molecule has 1 unspecified atom stereocenters. The monoisotopic (exact) mass is 306 g/mol. The molecule has 0 N–H and O–H groups in total. The Balaban J connectivity index is 2.54. The molecular formula is C12H20BrClN2. The van der Waals surface area contributed by atoms with Crippen LogP contribution < -0.4 is 0 Å². The summed E-state index contributed by atoms with van der Waals surface area (Å²) in [7, 11) is 1.98. The van der Waals surface area contributed by atoms with Crippen molar-refractivity contribution in [3.8, 4) is 0 Å². The molecule has 0 saturated heterocycles. The van der Waals surface area contributed by atoms with E-state index in [9.17, 15) is 0 Å². The van der Waals surface area contributed by atoms with Crippen LogP contribution in [0.4, 0.5) is 0 Å². The molecule has 0 aliphatic rings. The van der Waals surface area contributed by atoms with Gasteiger partial charge in [0.05, 0.1) is 15.9 Å². The van der Waals surface area contributed by atoms with Crippen molar-refractivity contribution in [2.75, 3.05) is 0 Å². The van der Waals surface area contributed by atoms with Gasteiger partial charge >= 0.3 is 0 Å². The maximum atomic E-state index is 6.29. The molecule has 1 atom stereocenters. The third kappa shape index (κ3) is 3.77. The number of hydrogen-bond donors (Lipinski definition) is 0. The lowest BCUT2D eigenvalue weighted by Crippen LogP contribution is -2.07. The second-order valence-corrected chi connectivity index (χ2v) is 6.15. The molecule has 0 aromatic carbocycles. The lowest BCUT2D eigenvalue weighted by molar-refractivity contribution is 0.537. The zero-order valence-corrected chi connectivity index (χ0v) is 12.8. The second kappa shape index (κ2) is 6.06. The first-order valence-corrected chi connectivity index (χ1v) is 6.96. The number of aromatic nitrogens is 2. The maximum Gasteiger partial charge on any atom is 0.0738 e. The van der Waals surface area contributed by atoms with E-state index in [0.717, 1.165) is 29.4 Å². The Labute approximate surface area is 111 Å². The first-order valence-electron chi connectivity index (χ1n) is 5.73. The molecule has 0 amide bonds. The van der Waals surface area contributed by atoms with E-state index < -0.39 is 0 Å². The van der Waals surface area contributed by atoms with Gasteiger partial charge in [0.25, 0.3) is 0 Å². The minimum absolute atomic E-state index is 0.266. The van der Waals surface area contributed by atoms with Crippen LogP contribution in [0.5, 0.6) is 0 Å². The van der Waals surface area contributed by atoms with E-state index in [1.807, 2.05) is 18.7 Å². The molecule has 1 aromatic heterocycles. The van der Waals surface area contributed by atoms with E-state index >= 15 is 0 Å². The molecule has 0 radical (unpaired) electrons. The molecule has 0 spiro atoms. The Bertz CT molecular complexity index is 347. The Morgan fingerprint density at radius 3 is 2.50 bits per heavy atom. The van der Waals surface area contributed by atoms with Crippen LogP contribution in [0.1, 0.15) is 38.1 Å². The molecule has 92 valence electrons. The number of hydrogen-bond acceptors (Lipinski definition) is 1. The Morgan fingerprint density at radius 2 is 2.06 bits per heavy atom. The predicted molar refractivity (Wildman–Crippen MR) is 73.1 cm³/mol. The molecular weight excluding hydrogens is 288 g/mol. The summed E-state index contributed by atoms with van der Waals surface area (Å²) in [6, 6.07) is 0. The Hall–Kier alpha value is -0.0200. The van der Waals surface area contributed by atoms with E-state index in [4.69, 9.17) is 11.6 Å². The van der Waals surface area contributed by atoms with Gasteiger partial charge in [-0.2, -0.15) is 5.10 Å². The van der Waals surface area contributed by atoms with E-state index in [1.165, 1.54) is 5.69 Å². The average molecular weight is 308 g/mol. The fourth-order valence-electron chi connectivity index (χ4n) is 1.87. The maximum absolute atomic E-state index is 6.29. The van der Waals surface area contributed by atoms with Gasteiger partial charge in [-0.25, -0.2) is 0 Å². The van der Waals surface area contributed by atoms with Gasteiger partial charge in [-0.15, -0.1) is 11.6 Å². The van der Waals surface area contributed by atoms with Crippen molar-refractivity contribution in [1.82, 2.24) is 9.78 Å². The van der Waals surface area contributed by atoms with Crippen LogP contribution >= 0.6 is 27.5 Å². The summed E-state index contributed by atoms with van der Waals surface area (Å²) < 4.78 is 3.07. The van der Waals surface area contributed by atoms with Crippen LogP contribution in [0.25, 0.3) is 0 Å². The number of rotatable bonds is 5. The second-order valence-electron chi connectivity index (χ2n) is 4.74. The van der Waals surface area contributed by atoms with Gasteiger partial charge in [0.1, 0.15) is 0 Å². The van der Waals surface area contributed by atoms with Crippen molar-refractivity contribution < 1.29 is 0 Å². The molecule has 0 saturated carbocycles. The lowest BCUT2D eigenvalue weighted by atomic mass is 10.0. The summed E-state index contributed by atoms with van der Waals surface area (Å²) in [5.41, 5.74) is 2.29. The van der Waals surface area contributed by atoms with Crippen molar-refractivity contribution in [3.05, 3.63) is 15.9 Å². The first kappa shape index (κ1) is 14.0. The fourth-order valence-corrected chi connectivity index (χ4v) is 2.87. The van der Waals surface area contributed by atoms with E-state index in [0.29, 0.717) is 5.92 Å². The van der Waals surface area contributed by atoms with Crippen molar-refractivity contribution >= 4 is 27.5 Å². The quantitative estimate of drug-likeness (QED) is 0.750. The summed E-state index contributed by atoms with van der Waals surface area (Å²) in [5.74, 6) is 0.666. The molecule has 2 nitrogen and oxygen atoms in total. The molecule has 0 fully saturated rings. The van der Waals surface area contributed by atoms with Crippen molar-refractivity contribution in [1.29, 1.82) is 0 Å². The summed E-state index contributed by atoms with van der Waals surface area (Å²) in [6.45, 7) is 6.43. The van der Waals surface area contributed by atoms with Crippen LogP contribution in [0.3, 0.4) is 0 Å². The zero-order chi connectivity index (χ0) is 12.3. The van der Waals surface area contributed by atoms with Crippen LogP contribution in [-0.2, 0) is 13.5 Å². The SMILES string of the molecule is Cc1nn(C)c(CCC(Cl)CC(C)C)c1Br. The highest BCUT2D eigenvalue weighted by atomic mass is 79.9. The van der Waals surface area contributed by atoms with Crippen molar-refractivity contribution in [3.63, 3.8) is 0 Å². The average Bonchev–Trinajstić information content (AvgIpc) is 2.38. The highest BCUT2D eigenvalue weighted by Gasteiger charge is 2.13. The van der Waals surface area contributed by atoms with Gasteiger partial charge in [-0.3, -0.25) is 4.68 Å². The predicted octanol–water partition coefficient (Wildman–Crippen LogP) is 4.08. The van der Waals surface area contributed by atoms with Gasteiger partial charge in [0.15, 0.2) is 0 Å². The lowest BCUT2D eigenvalue weighted by Gasteiger charge is -2.12. The largest absolute Gasteiger partial charge is 0.271 e. The summed E-state index contributed by atoms with van der Waals surface area (Å²) >= 11 is 9.87. The highest BCUT2D eigenvalue weighted by Crippen LogP contribution is 2.24. The molecule has 16 heavy (non-hydrogen) atoms. The van der Waals surface area contributed by atoms with Crippen LogP contribution in [0.15, 0.2) is 4.47 Å². The number of alkyl halides is 1. The fraction of sp³-hybridized carbons (Fsp3) is 0.750. The third-order valence-electron chi connectivity index (χ3n) is 2.68. The van der Waals surface area contributed by atoms with Gasteiger partial charge in [0.2, 0.25) is 0 Å². The van der Waals surface area contributed by atoms with E-state index in [2.05, 4.69) is 34.9 Å². The molecule has 1 rings (SSSR count). The van der Waals surface area contributed by atoms with Crippen molar-refractivity contribution in [2.24, 2.45) is 13.0 Å². The Morgan fingerprint density at radius 1 is 1.44 bits per heavy atom. The number of nitrogens with zero attached hydrogens (tertiary/aromatic N) is 2. The van der Waals surface area contributed by atoms with Crippen molar-refractivity contribution in [2.45, 2.75) is 45.4 Å². The van der Waals surface area contributed by atoms with Crippen LogP contribution in [0.2, 0.25) is 0 Å². The third-order valence-corrected chi connectivity index (χ3v) is 4.11. The molecule has 0 bridgehead atoms. The number of halogens is 2. The van der Waals surface area contributed by atoms with Crippen LogP contribution in [0, 0.1) is 12.8 Å². The smallest absolute Gasteiger partial charge is 0.0738 e. The molecule has 4 heteroatoms. The van der Waals surface area contributed by atoms with E-state index in [-0.39, 0.29) is 5.38 Å². The zero-order valence-electron chi connectivity index (χ0n) is 10.4. The molecule has 0 aliphatic carbocycles. The summed E-state index contributed by atoms with van der Waals surface area (Å²) in [4.78, 5) is 0. The topological polar surface area (TPSA) is 17.8 Å². The van der Waals surface area contributed by atoms with Gasteiger partial charge in [-0.1, -0.05) is 13.8 Å². The number of aryl methyl sites for hydroxylation is 2.